The smallest absolute Gasteiger partial charge is 0.318 e. The van der Waals surface area contributed by atoms with Crippen LogP contribution in [0.1, 0.15) is 25.3 Å². The number of aromatic nitrogens is 3. The molecule has 4 heteroatoms. The first kappa shape index (κ1) is 8.71. The molecule has 1 fully saturated rings. The van der Waals surface area contributed by atoms with E-state index in [2.05, 4.69) is 26.8 Å². The third kappa shape index (κ3) is 1.28. The van der Waals surface area contributed by atoms with Crippen LogP contribution in [0.2, 0.25) is 0 Å². The normalized spacial score (nSPS) is 16.6. The van der Waals surface area contributed by atoms with Crippen molar-refractivity contribution in [2.75, 3.05) is 7.11 Å². The van der Waals surface area contributed by atoms with E-state index in [-0.39, 0.29) is 0 Å². The minimum atomic E-state index is 0.446. The van der Waals surface area contributed by atoms with Crippen LogP contribution in [0, 0.1) is 0 Å². The molecule has 0 aliphatic heterocycles. The van der Waals surface area contributed by atoms with Gasteiger partial charge in [0.1, 0.15) is 5.65 Å². The summed E-state index contributed by atoms with van der Waals surface area (Å²) >= 11 is 0. The number of ether oxygens (including phenoxy) is 1. The van der Waals surface area contributed by atoms with Crippen molar-refractivity contribution in [3.8, 4) is 6.01 Å². The molecule has 0 N–H and O–H groups in total. The third-order valence-corrected chi connectivity index (χ3v) is 3.08. The highest BCUT2D eigenvalue weighted by atomic mass is 16.5. The van der Waals surface area contributed by atoms with Crippen LogP contribution in [0.15, 0.2) is 18.5 Å². The first-order valence-electron chi connectivity index (χ1n) is 5.26. The predicted octanol–water partition coefficient (Wildman–Crippen LogP) is 2.16. The van der Waals surface area contributed by atoms with Gasteiger partial charge in [0.05, 0.1) is 7.11 Å². The van der Waals surface area contributed by atoms with Crippen LogP contribution in [-0.4, -0.2) is 21.6 Å². The number of nitrogens with zero attached hydrogens (tertiary/aromatic N) is 3. The fraction of sp³-hybridized carbons (Fsp3) is 0.455. The zero-order chi connectivity index (χ0) is 10.3. The number of rotatable bonds is 2. The minimum absolute atomic E-state index is 0.446. The molecule has 0 saturated heterocycles. The van der Waals surface area contributed by atoms with E-state index in [9.17, 15) is 0 Å². The van der Waals surface area contributed by atoms with E-state index in [1.54, 1.807) is 7.11 Å². The van der Waals surface area contributed by atoms with Crippen LogP contribution in [0.4, 0.5) is 0 Å². The topological polar surface area (TPSA) is 39.9 Å². The summed E-state index contributed by atoms with van der Waals surface area (Å²) in [6.07, 6.45) is 7.76. The molecule has 2 heterocycles. The van der Waals surface area contributed by atoms with Crippen molar-refractivity contribution in [1.82, 2.24) is 14.5 Å². The first-order chi connectivity index (χ1) is 7.38. The van der Waals surface area contributed by atoms with Crippen molar-refractivity contribution < 1.29 is 4.74 Å². The van der Waals surface area contributed by atoms with E-state index in [1.165, 1.54) is 19.3 Å². The molecule has 3 rings (SSSR count). The summed E-state index contributed by atoms with van der Waals surface area (Å²) in [6.45, 7) is 0. The molecule has 0 atom stereocenters. The maximum Gasteiger partial charge on any atom is 0.318 e. The molecule has 0 unspecified atom stereocenters. The summed E-state index contributed by atoms with van der Waals surface area (Å²) in [6, 6.07) is 3.14. The molecule has 2 aromatic heterocycles. The zero-order valence-corrected chi connectivity index (χ0v) is 8.68. The van der Waals surface area contributed by atoms with Gasteiger partial charge in [0.2, 0.25) is 0 Å². The molecular weight excluding hydrogens is 190 g/mol. The highest BCUT2D eigenvalue weighted by Crippen LogP contribution is 2.34. The van der Waals surface area contributed by atoms with Crippen molar-refractivity contribution in [1.29, 1.82) is 0 Å². The van der Waals surface area contributed by atoms with Gasteiger partial charge in [-0.05, 0) is 25.3 Å². The molecular formula is C11H13N3O. The highest BCUT2D eigenvalue weighted by molar-refractivity contribution is 5.75. The van der Waals surface area contributed by atoms with Crippen molar-refractivity contribution in [2.24, 2.45) is 0 Å². The summed E-state index contributed by atoms with van der Waals surface area (Å²) < 4.78 is 7.28. The van der Waals surface area contributed by atoms with Crippen molar-refractivity contribution in [2.45, 2.75) is 25.3 Å². The Morgan fingerprint density at radius 2 is 2.33 bits per heavy atom. The largest absolute Gasteiger partial charge is 0.467 e. The molecule has 0 radical (unpaired) electrons. The predicted molar refractivity (Wildman–Crippen MR) is 57.0 cm³/mol. The van der Waals surface area contributed by atoms with Gasteiger partial charge in [-0.1, -0.05) is 0 Å². The van der Waals surface area contributed by atoms with E-state index < -0.39 is 0 Å². The van der Waals surface area contributed by atoms with Gasteiger partial charge in [0.15, 0.2) is 0 Å². The fourth-order valence-electron chi connectivity index (χ4n) is 1.98. The van der Waals surface area contributed by atoms with E-state index in [0.717, 1.165) is 11.0 Å². The highest BCUT2D eigenvalue weighted by Gasteiger charge is 2.21. The third-order valence-electron chi connectivity index (χ3n) is 3.08. The maximum atomic E-state index is 5.04. The molecule has 2 aromatic rings. The Morgan fingerprint density at radius 3 is 3.00 bits per heavy atom. The second-order valence-corrected chi connectivity index (χ2v) is 3.94. The van der Waals surface area contributed by atoms with E-state index in [4.69, 9.17) is 4.74 Å². The van der Waals surface area contributed by atoms with Gasteiger partial charge in [0, 0.05) is 23.8 Å². The Kier molecular flexibility index (Phi) is 1.87. The number of methoxy groups -OCH3 is 1. The molecule has 0 aromatic carbocycles. The average molecular weight is 203 g/mol. The van der Waals surface area contributed by atoms with Crippen LogP contribution < -0.4 is 4.74 Å². The Bertz CT molecular complexity index is 488. The quantitative estimate of drug-likeness (QED) is 0.751. The van der Waals surface area contributed by atoms with Gasteiger partial charge >= 0.3 is 6.01 Å². The fourth-order valence-corrected chi connectivity index (χ4v) is 1.98. The molecule has 0 spiro atoms. The van der Waals surface area contributed by atoms with Crippen LogP contribution in [-0.2, 0) is 0 Å². The Hall–Kier alpha value is -1.58. The van der Waals surface area contributed by atoms with Gasteiger partial charge in [-0.2, -0.15) is 4.98 Å². The van der Waals surface area contributed by atoms with Gasteiger partial charge in [0.25, 0.3) is 0 Å². The van der Waals surface area contributed by atoms with Crippen molar-refractivity contribution in [3.63, 3.8) is 0 Å². The van der Waals surface area contributed by atoms with E-state index in [0.29, 0.717) is 12.1 Å². The summed E-state index contributed by atoms with van der Waals surface area (Å²) in [5.41, 5.74) is 0.992. The Balaban J connectivity index is 2.13. The molecule has 1 saturated carbocycles. The van der Waals surface area contributed by atoms with Gasteiger partial charge in [-0.25, -0.2) is 4.98 Å². The van der Waals surface area contributed by atoms with Crippen LogP contribution in [0.25, 0.3) is 11.0 Å². The van der Waals surface area contributed by atoms with Gasteiger partial charge < -0.3 is 9.30 Å². The first-order valence-corrected chi connectivity index (χ1v) is 5.26. The SMILES string of the molecule is COc1ncc2ccn(C3CCC3)c2n1. The van der Waals surface area contributed by atoms with Crippen LogP contribution in [0.3, 0.4) is 0 Å². The lowest BCUT2D eigenvalue weighted by atomic mass is 9.93. The lowest BCUT2D eigenvalue weighted by Gasteiger charge is -2.27. The summed E-state index contributed by atoms with van der Waals surface area (Å²) in [5, 5.41) is 1.09. The molecule has 1 aliphatic carbocycles. The molecule has 0 bridgehead atoms. The van der Waals surface area contributed by atoms with Crippen molar-refractivity contribution >= 4 is 11.0 Å². The molecule has 0 amide bonds. The number of hydrogen-bond acceptors (Lipinski definition) is 3. The maximum absolute atomic E-state index is 5.04. The summed E-state index contributed by atoms with van der Waals surface area (Å²) in [4.78, 5) is 8.48. The van der Waals surface area contributed by atoms with Crippen LogP contribution >= 0.6 is 0 Å². The lowest BCUT2D eigenvalue weighted by Crippen LogP contribution is -2.16. The summed E-state index contributed by atoms with van der Waals surface area (Å²) in [5.74, 6) is 0. The molecule has 4 nitrogen and oxygen atoms in total. The second kappa shape index (κ2) is 3.22. The Morgan fingerprint density at radius 1 is 1.47 bits per heavy atom. The minimum Gasteiger partial charge on any atom is -0.467 e. The second-order valence-electron chi connectivity index (χ2n) is 3.94. The standard InChI is InChI=1S/C11H13N3O/c1-15-11-12-7-8-5-6-14(10(8)13-11)9-3-2-4-9/h5-7,9H,2-4H2,1H3. The van der Waals surface area contributed by atoms with E-state index >= 15 is 0 Å². The molecule has 78 valence electrons. The number of fused-ring (bicyclic) bond motifs is 1. The molecule has 15 heavy (non-hydrogen) atoms. The average Bonchev–Trinajstić information content (AvgIpc) is 2.59. The Labute approximate surface area is 87.9 Å². The summed E-state index contributed by atoms with van der Waals surface area (Å²) in [7, 11) is 1.60. The lowest BCUT2D eigenvalue weighted by molar-refractivity contribution is 0.319. The molecule has 1 aliphatic rings. The van der Waals surface area contributed by atoms with Gasteiger partial charge in [-0.3, -0.25) is 0 Å². The van der Waals surface area contributed by atoms with Gasteiger partial charge in [-0.15, -0.1) is 0 Å². The zero-order valence-electron chi connectivity index (χ0n) is 8.68. The van der Waals surface area contributed by atoms with Crippen molar-refractivity contribution in [3.05, 3.63) is 18.5 Å². The van der Waals surface area contributed by atoms with E-state index in [1.807, 2.05) is 6.20 Å². The monoisotopic (exact) mass is 203 g/mol. The van der Waals surface area contributed by atoms with Crippen LogP contribution in [0.5, 0.6) is 6.01 Å². The number of hydrogen-bond donors (Lipinski definition) is 0.